The summed E-state index contributed by atoms with van der Waals surface area (Å²) in [5.74, 6) is -0.207. The third kappa shape index (κ3) is 4.90. The van der Waals surface area contributed by atoms with E-state index in [1.807, 2.05) is 56.3 Å². The van der Waals surface area contributed by atoms with Crippen molar-refractivity contribution in [3.63, 3.8) is 0 Å². The van der Waals surface area contributed by atoms with Crippen molar-refractivity contribution in [3.05, 3.63) is 71.3 Å². The molecule has 1 unspecified atom stereocenters. The first kappa shape index (κ1) is 18.7. The van der Waals surface area contributed by atoms with Crippen molar-refractivity contribution in [2.24, 2.45) is 5.73 Å². The van der Waals surface area contributed by atoms with Crippen LogP contribution in [0.5, 0.6) is 0 Å². The fourth-order valence-electron chi connectivity index (χ4n) is 2.57. The van der Waals surface area contributed by atoms with Crippen LogP contribution in [0.2, 0.25) is 0 Å². The predicted molar refractivity (Wildman–Crippen MR) is 98.9 cm³/mol. The van der Waals surface area contributed by atoms with Crippen LogP contribution in [-0.4, -0.2) is 29.8 Å². The van der Waals surface area contributed by atoms with E-state index >= 15 is 0 Å². The van der Waals surface area contributed by atoms with Crippen LogP contribution in [0.25, 0.3) is 0 Å². The Labute approximate surface area is 148 Å². The molecule has 0 saturated heterocycles. The highest BCUT2D eigenvalue weighted by Gasteiger charge is 2.15. The minimum Gasteiger partial charge on any atom is -0.350 e. The first-order valence-corrected chi connectivity index (χ1v) is 8.53. The zero-order valence-corrected chi connectivity index (χ0v) is 14.7. The molecule has 2 aromatic carbocycles. The van der Waals surface area contributed by atoms with Crippen LogP contribution in [0.3, 0.4) is 0 Å². The van der Waals surface area contributed by atoms with Gasteiger partial charge in [-0.3, -0.25) is 9.59 Å². The molecule has 0 aliphatic heterocycles. The first-order valence-electron chi connectivity index (χ1n) is 8.53. The van der Waals surface area contributed by atoms with E-state index in [9.17, 15) is 9.59 Å². The van der Waals surface area contributed by atoms with E-state index in [4.69, 9.17) is 5.73 Å². The Bertz CT molecular complexity index is 695. The van der Waals surface area contributed by atoms with Gasteiger partial charge in [0.1, 0.15) is 6.04 Å². The van der Waals surface area contributed by atoms with Gasteiger partial charge in [-0.25, -0.2) is 0 Å². The van der Waals surface area contributed by atoms with Crippen molar-refractivity contribution in [3.8, 4) is 0 Å². The summed E-state index contributed by atoms with van der Waals surface area (Å²) in [5.41, 5.74) is 8.32. The van der Waals surface area contributed by atoms with Gasteiger partial charge in [-0.2, -0.15) is 0 Å². The molecule has 5 nitrogen and oxygen atoms in total. The number of hydrogen-bond donors (Lipinski definition) is 2. The number of nitrogens with two attached hydrogens (primary N) is 1. The number of nitrogens with one attached hydrogen (secondary N) is 1. The highest BCUT2D eigenvalue weighted by atomic mass is 16.2. The molecule has 0 fully saturated rings. The third-order valence-electron chi connectivity index (χ3n) is 4.16. The van der Waals surface area contributed by atoms with Gasteiger partial charge in [0.05, 0.1) is 0 Å². The molecule has 0 radical (unpaired) electrons. The smallest absolute Gasteiger partial charge is 0.253 e. The lowest BCUT2D eigenvalue weighted by molar-refractivity contribution is -0.122. The Hall–Kier alpha value is -2.66. The zero-order valence-electron chi connectivity index (χ0n) is 14.7. The topological polar surface area (TPSA) is 75.4 Å². The van der Waals surface area contributed by atoms with E-state index < -0.39 is 6.04 Å². The summed E-state index contributed by atoms with van der Waals surface area (Å²) in [7, 11) is 0. The van der Waals surface area contributed by atoms with Crippen molar-refractivity contribution in [2.45, 2.75) is 26.4 Å². The van der Waals surface area contributed by atoms with E-state index in [0.29, 0.717) is 25.2 Å². The number of amides is 2. The number of carbonyl (C=O) groups excluding carboxylic acids is 2. The van der Waals surface area contributed by atoms with Gasteiger partial charge in [-0.05, 0) is 37.1 Å². The summed E-state index contributed by atoms with van der Waals surface area (Å²) in [5, 5.41) is 2.83. The van der Waals surface area contributed by atoms with Crippen LogP contribution in [0.1, 0.15) is 41.4 Å². The van der Waals surface area contributed by atoms with Crippen molar-refractivity contribution in [1.82, 2.24) is 10.2 Å². The number of hydrogen-bond acceptors (Lipinski definition) is 3. The maximum absolute atomic E-state index is 12.3. The van der Waals surface area contributed by atoms with E-state index in [-0.39, 0.29) is 11.8 Å². The molecular formula is C20H25N3O2. The van der Waals surface area contributed by atoms with Crippen LogP contribution in [-0.2, 0) is 11.3 Å². The average molecular weight is 339 g/mol. The molecular weight excluding hydrogens is 314 g/mol. The molecule has 0 spiro atoms. The molecule has 2 aromatic rings. The lowest BCUT2D eigenvalue weighted by atomic mass is 10.1. The highest BCUT2D eigenvalue weighted by molar-refractivity contribution is 5.94. The first-order chi connectivity index (χ1) is 12.1. The third-order valence-corrected chi connectivity index (χ3v) is 4.16. The molecule has 0 aliphatic carbocycles. The summed E-state index contributed by atoms with van der Waals surface area (Å²) in [6.45, 7) is 5.66. The van der Waals surface area contributed by atoms with Gasteiger partial charge in [0.15, 0.2) is 0 Å². The van der Waals surface area contributed by atoms with Gasteiger partial charge < -0.3 is 16.0 Å². The van der Waals surface area contributed by atoms with Gasteiger partial charge in [-0.1, -0.05) is 42.5 Å². The predicted octanol–water partition coefficient (Wildman–Crippen LogP) is 2.48. The number of benzene rings is 2. The molecule has 3 N–H and O–H groups in total. The zero-order chi connectivity index (χ0) is 18.2. The summed E-state index contributed by atoms with van der Waals surface area (Å²) in [4.78, 5) is 26.2. The fourth-order valence-corrected chi connectivity index (χ4v) is 2.57. The van der Waals surface area contributed by atoms with Crippen LogP contribution in [0.4, 0.5) is 0 Å². The van der Waals surface area contributed by atoms with Gasteiger partial charge >= 0.3 is 0 Å². The summed E-state index contributed by atoms with van der Waals surface area (Å²) in [6, 6.07) is 15.9. The lowest BCUT2D eigenvalue weighted by Crippen LogP contribution is -2.33. The largest absolute Gasteiger partial charge is 0.350 e. The number of rotatable bonds is 7. The summed E-state index contributed by atoms with van der Waals surface area (Å²) >= 11 is 0. The number of nitrogens with zero attached hydrogens (tertiary/aromatic N) is 1. The van der Waals surface area contributed by atoms with Gasteiger partial charge in [0.25, 0.3) is 5.91 Å². The maximum atomic E-state index is 12.3. The average Bonchev–Trinajstić information content (AvgIpc) is 2.67. The summed E-state index contributed by atoms with van der Waals surface area (Å²) in [6.07, 6.45) is 0. The molecule has 5 heteroatoms. The van der Waals surface area contributed by atoms with Crippen molar-refractivity contribution in [2.75, 3.05) is 13.1 Å². The molecule has 2 amide bonds. The second-order valence-corrected chi connectivity index (χ2v) is 5.78. The van der Waals surface area contributed by atoms with E-state index in [0.717, 1.165) is 11.1 Å². The van der Waals surface area contributed by atoms with Crippen LogP contribution in [0, 0.1) is 0 Å². The van der Waals surface area contributed by atoms with Gasteiger partial charge in [0, 0.05) is 25.2 Å². The lowest BCUT2D eigenvalue weighted by Gasteiger charge is -2.18. The minimum atomic E-state index is -0.690. The van der Waals surface area contributed by atoms with Gasteiger partial charge in [0.2, 0.25) is 5.91 Å². The Morgan fingerprint density at radius 3 is 2.16 bits per heavy atom. The minimum absolute atomic E-state index is 0.0201. The molecule has 0 aromatic heterocycles. The van der Waals surface area contributed by atoms with Crippen LogP contribution < -0.4 is 11.1 Å². The molecule has 0 heterocycles. The highest BCUT2D eigenvalue weighted by Crippen LogP contribution is 2.11. The van der Waals surface area contributed by atoms with E-state index in [2.05, 4.69) is 5.32 Å². The van der Waals surface area contributed by atoms with Crippen molar-refractivity contribution >= 4 is 11.8 Å². The van der Waals surface area contributed by atoms with Gasteiger partial charge in [-0.15, -0.1) is 0 Å². The Morgan fingerprint density at radius 2 is 1.60 bits per heavy atom. The quantitative estimate of drug-likeness (QED) is 0.814. The Morgan fingerprint density at radius 1 is 1.00 bits per heavy atom. The monoisotopic (exact) mass is 339 g/mol. The van der Waals surface area contributed by atoms with E-state index in [1.54, 1.807) is 17.0 Å². The number of carbonyl (C=O) groups is 2. The van der Waals surface area contributed by atoms with Crippen molar-refractivity contribution in [1.29, 1.82) is 0 Å². The maximum Gasteiger partial charge on any atom is 0.253 e. The molecule has 132 valence electrons. The molecule has 0 aliphatic rings. The fraction of sp³-hybridized carbons (Fsp3) is 0.300. The Kier molecular flexibility index (Phi) is 6.71. The molecule has 2 rings (SSSR count). The SMILES string of the molecule is CCN(CC)C(=O)c1ccc(CNC(=O)C(N)c2ccccc2)cc1. The summed E-state index contributed by atoms with van der Waals surface area (Å²) < 4.78 is 0. The second kappa shape index (κ2) is 8.99. The standard InChI is InChI=1S/C20H25N3O2/c1-3-23(4-2)20(25)17-12-10-15(11-13-17)14-22-19(24)18(21)16-8-6-5-7-9-16/h5-13,18H,3-4,14,21H2,1-2H3,(H,22,24). The van der Waals surface area contributed by atoms with Crippen LogP contribution in [0.15, 0.2) is 54.6 Å². The van der Waals surface area contributed by atoms with Crippen molar-refractivity contribution < 1.29 is 9.59 Å². The molecule has 25 heavy (non-hydrogen) atoms. The van der Waals surface area contributed by atoms with E-state index in [1.165, 1.54) is 0 Å². The molecule has 1 atom stereocenters. The normalized spacial score (nSPS) is 11.6. The molecule has 0 saturated carbocycles. The second-order valence-electron chi connectivity index (χ2n) is 5.78. The Balaban J connectivity index is 1.93. The molecule has 0 bridgehead atoms. The van der Waals surface area contributed by atoms with Crippen LogP contribution >= 0.6 is 0 Å².